The van der Waals surface area contributed by atoms with Crippen LogP contribution in [0, 0.1) is 12.8 Å². The molecule has 1 aliphatic rings. The van der Waals surface area contributed by atoms with E-state index in [1.54, 1.807) is 0 Å². The van der Waals surface area contributed by atoms with E-state index in [0.29, 0.717) is 6.04 Å². The maximum absolute atomic E-state index is 6.30. The third-order valence-corrected chi connectivity index (χ3v) is 4.76. The van der Waals surface area contributed by atoms with Gasteiger partial charge in [0.15, 0.2) is 0 Å². The van der Waals surface area contributed by atoms with E-state index in [2.05, 4.69) is 37.4 Å². The summed E-state index contributed by atoms with van der Waals surface area (Å²) in [6, 6.07) is 7.04. The average molecular weight is 280 g/mol. The topological polar surface area (TPSA) is 12.0 Å². The van der Waals surface area contributed by atoms with Crippen molar-refractivity contribution >= 4 is 11.6 Å². The summed E-state index contributed by atoms with van der Waals surface area (Å²) in [6.45, 7) is 5.28. The van der Waals surface area contributed by atoms with E-state index in [1.165, 1.54) is 49.7 Å². The number of hydrogen-bond donors (Lipinski definition) is 1. The Morgan fingerprint density at radius 1 is 1.21 bits per heavy atom. The van der Waals surface area contributed by atoms with E-state index < -0.39 is 0 Å². The van der Waals surface area contributed by atoms with Crippen LogP contribution in [0.4, 0.5) is 0 Å². The molecule has 0 saturated heterocycles. The largest absolute Gasteiger partial charge is 0.310 e. The van der Waals surface area contributed by atoms with Crippen LogP contribution in [-0.2, 0) is 0 Å². The van der Waals surface area contributed by atoms with E-state index in [4.69, 9.17) is 11.6 Å². The fourth-order valence-electron chi connectivity index (χ4n) is 3.22. The Hall–Kier alpha value is -0.530. The number of benzene rings is 1. The van der Waals surface area contributed by atoms with Crippen LogP contribution in [0.15, 0.2) is 18.2 Å². The molecule has 0 spiro atoms. The lowest BCUT2D eigenvalue weighted by molar-refractivity contribution is 0.330. The van der Waals surface area contributed by atoms with Gasteiger partial charge in [-0.25, -0.2) is 0 Å². The monoisotopic (exact) mass is 279 g/mol. The summed E-state index contributed by atoms with van der Waals surface area (Å²) in [6.07, 6.45) is 8.28. The molecule has 0 radical (unpaired) electrons. The first-order chi connectivity index (χ1) is 9.22. The molecule has 1 aliphatic carbocycles. The molecule has 2 rings (SSSR count). The number of hydrogen-bond acceptors (Lipinski definition) is 1. The highest BCUT2D eigenvalue weighted by molar-refractivity contribution is 6.31. The lowest BCUT2D eigenvalue weighted by Crippen LogP contribution is -2.28. The molecule has 1 aromatic carbocycles. The lowest BCUT2D eigenvalue weighted by Gasteiger charge is -2.28. The van der Waals surface area contributed by atoms with Gasteiger partial charge in [0.2, 0.25) is 0 Å². The third kappa shape index (κ3) is 3.97. The molecule has 1 nitrogen and oxygen atoms in total. The zero-order chi connectivity index (χ0) is 13.7. The van der Waals surface area contributed by atoms with Gasteiger partial charge in [-0.05, 0) is 49.4 Å². The summed E-state index contributed by atoms with van der Waals surface area (Å²) in [5, 5.41) is 4.58. The Morgan fingerprint density at radius 2 is 1.89 bits per heavy atom. The first kappa shape index (κ1) is 14.9. The minimum Gasteiger partial charge on any atom is -0.310 e. The van der Waals surface area contributed by atoms with Crippen molar-refractivity contribution in [2.45, 2.75) is 58.4 Å². The van der Waals surface area contributed by atoms with Gasteiger partial charge < -0.3 is 5.32 Å². The van der Waals surface area contributed by atoms with Gasteiger partial charge in [-0.3, -0.25) is 0 Å². The van der Waals surface area contributed by atoms with Gasteiger partial charge in [-0.2, -0.15) is 0 Å². The highest BCUT2D eigenvalue weighted by Crippen LogP contribution is 2.34. The third-order valence-electron chi connectivity index (χ3n) is 4.35. The van der Waals surface area contributed by atoms with Crippen molar-refractivity contribution in [2.24, 2.45) is 5.92 Å². The maximum atomic E-state index is 6.30. The Labute approximate surface area is 122 Å². The number of nitrogens with one attached hydrogen (secondary N) is 1. The van der Waals surface area contributed by atoms with E-state index >= 15 is 0 Å². The van der Waals surface area contributed by atoms with Gasteiger partial charge in [-0.15, -0.1) is 0 Å². The van der Waals surface area contributed by atoms with Gasteiger partial charge in [-0.1, -0.05) is 56.3 Å². The second-order valence-electron chi connectivity index (χ2n) is 5.80. The summed E-state index contributed by atoms with van der Waals surface area (Å²) in [5.74, 6) is 0.765. The molecule has 19 heavy (non-hydrogen) atoms. The zero-order valence-corrected chi connectivity index (χ0v) is 13.0. The summed E-state index contributed by atoms with van der Waals surface area (Å²) >= 11 is 6.30. The molecule has 1 N–H and O–H groups in total. The summed E-state index contributed by atoms with van der Waals surface area (Å²) in [4.78, 5) is 0. The van der Waals surface area contributed by atoms with Crippen LogP contribution in [0.1, 0.15) is 62.6 Å². The maximum Gasteiger partial charge on any atom is 0.0438 e. The molecule has 0 aromatic heterocycles. The first-order valence-corrected chi connectivity index (χ1v) is 8.09. The van der Waals surface area contributed by atoms with E-state index in [1.807, 2.05) is 0 Å². The molecule has 1 atom stereocenters. The van der Waals surface area contributed by atoms with Crippen LogP contribution < -0.4 is 5.32 Å². The van der Waals surface area contributed by atoms with Crippen molar-refractivity contribution in [3.05, 3.63) is 34.3 Å². The van der Waals surface area contributed by atoms with Gasteiger partial charge in [0.1, 0.15) is 0 Å². The van der Waals surface area contributed by atoms with Crippen LogP contribution >= 0.6 is 11.6 Å². The van der Waals surface area contributed by atoms with Crippen molar-refractivity contribution < 1.29 is 0 Å². The van der Waals surface area contributed by atoms with Gasteiger partial charge >= 0.3 is 0 Å². The Kier molecular flexibility index (Phi) is 5.72. The lowest BCUT2D eigenvalue weighted by atomic mass is 9.87. The van der Waals surface area contributed by atoms with Crippen molar-refractivity contribution in [2.75, 3.05) is 6.54 Å². The number of rotatable bonds is 4. The van der Waals surface area contributed by atoms with Gasteiger partial charge in [0.05, 0.1) is 0 Å². The normalized spacial score (nSPS) is 19.1. The molecular formula is C17H26ClN. The van der Waals surface area contributed by atoms with Crippen molar-refractivity contribution in [1.82, 2.24) is 5.32 Å². The van der Waals surface area contributed by atoms with Crippen LogP contribution in [0.25, 0.3) is 0 Å². The highest BCUT2D eigenvalue weighted by Gasteiger charge is 2.23. The molecule has 2 heteroatoms. The Morgan fingerprint density at radius 3 is 2.47 bits per heavy atom. The van der Waals surface area contributed by atoms with Crippen molar-refractivity contribution in [3.8, 4) is 0 Å². The first-order valence-electron chi connectivity index (χ1n) is 7.71. The molecule has 1 fully saturated rings. The van der Waals surface area contributed by atoms with Crippen LogP contribution in [-0.4, -0.2) is 6.54 Å². The molecule has 106 valence electrons. The smallest absolute Gasteiger partial charge is 0.0438 e. The minimum atomic E-state index is 0.473. The minimum absolute atomic E-state index is 0.473. The standard InChI is InChI=1S/C17H26ClN/c1-3-19-17(14-8-6-4-5-7-9-14)15-11-10-13(2)16(18)12-15/h10-12,14,17,19H,3-9H2,1-2H3. The SMILES string of the molecule is CCNC(c1ccc(C)c(Cl)c1)C1CCCCCC1. The van der Waals surface area contributed by atoms with Crippen LogP contribution in [0.2, 0.25) is 5.02 Å². The highest BCUT2D eigenvalue weighted by atomic mass is 35.5. The zero-order valence-electron chi connectivity index (χ0n) is 12.2. The number of halogens is 1. The second-order valence-corrected chi connectivity index (χ2v) is 6.20. The van der Waals surface area contributed by atoms with Crippen molar-refractivity contribution in [1.29, 1.82) is 0 Å². The fraction of sp³-hybridized carbons (Fsp3) is 0.647. The van der Waals surface area contributed by atoms with E-state index in [9.17, 15) is 0 Å². The summed E-state index contributed by atoms with van der Waals surface area (Å²) in [7, 11) is 0. The molecule has 0 aliphatic heterocycles. The molecule has 0 amide bonds. The average Bonchev–Trinajstić information content (AvgIpc) is 2.68. The molecular weight excluding hydrogens is 254 g/mol. The van der Waals surface area contributed by atoms with Gasteiger partial charge in [0.25, 0.3) is 0 Å². The Bertz CT molecular complexity index is 394. The molecule has 1 aromatic rings. The molecule has 0 bridgehead atoms. The fourth-order valence-corrected chi connectivity index (χ4v) is 3.41. The van der Waals surface area contributed by atoms with Gasteiger partial charge in [0, 0.05) is 11.1 Å². The molecule has 1 unspecified atom stereocenters. The Balaban J connectivity index is 2.19. The second kappa shape index (κ2) is 7.31. The predicted octanol–water partition coefficient (Wildman–Crippen LogP) is 5.27. The summed E-state index contributed by atoms with van der Waals surface area (Å²) < 4.78 is 0. The van der Waals surface area contributed by atoms with E-state index in [-0.39, 0.29) is 0 Å². The quantitative estimate of drug-likeness (QED) is 0.741. The van der Waals surface area contributed by atoms with Crippen LogP contribution in [0.3, 0.4) is 0 Å². The number of aryl methyl sites for hydroxylation is 1. The van der Waals surface area contributed by atoms with Crippen molar-refractivity contribution in [3.63, 3.8) is 0 Å². The van der Waals surface area contributed by atoms with E-state index in [0.717, 1.165) is 17.5 Å². The molecule has 1 saturated carbocycles. The van der Waals surface area contributed by atoms with Crippen LogP contribution in [0.5, 0.6) is 0 Å². The molecule has 0 heterocycles. The summed E-state index contributed by atoms with van der Waals surface area (Å²) in [5.41, 5.74) is 2.53. The predicted molar refractivity (Wildman–Crippen MR) is 83.8 cm³/mol.